The third kappa shape index (κ3) is 4.25. The lowest BCUT2D eigenvalue weighted by atomic mass is 10.1. The second-order valence-corrected chi connectivity index (χ2v) is 5.96. The summed E-state index contributed by atoms with van der Waals surface area (Å²) in [5.41, 5.74) is 5.82. The van der Waals surface area contributed by atoms with Crippen LogP contribution in [-0.4, -0.2) is 16.6 Å². The fourth-order valence-corrected chi connectivity index (χ4v) is 2.40. The zero-order chi connectivity index (χ0) is 18.4. The van der Waals surface area contributed by atoms with Crippen LogP contribution in [0.4, 0.5) is 0 Å². The van der Waals surface area contributed by atoms with Gasteiger partial charge in [-0.25, -0.2) is 5.43 Å². The highest BCUT2D eigenvalue weighted by Gasteiger charge is 2.06. The first-order valence-electron chi connectivity index (χ1n) is 8.56. The minimum Gasteiger partial charge on any atom is -0.487 e. The molecule has 0 unspecified atom stereocenters. The van der Waals surface area contributed by atoms with Crippen molar-refractivity contribution in [1.82, 2.24) is 10.4 Å². The zero-order valence-corrected chi connectivity index (χ0v) is 14.9. The molecule has 0 atom stereocenters. The van der Waals surface area contributed by atoms with Crippen LogP contribution in [0.1, 0.15) is 36.2 Å². The average Bonchev–Trinajstić information content (AvgIpc) is 2.70. The molecule has 3 aromatic rings. The molecule has 1 amide bonds. The fourth-order valence-electron chi connectivity index (χ4n) is 2.40. The van der Waals surface area contributed by atoms with Gasteiger partial charge in [-0.15, -0.1) is 0 Å². The minimum atomic E-state index is -0.219. The van der Waals surface area contributed by atoms with E-state index in [-0.39, 0.29) is 5.91 Å². The predicted octanol–water partition coefficient (Wildman–Crippen LogP) is 4.33. The number of aromatic nitrogens is 1. The van der Waals surface area contributed by atoms with E-state index in [0.717, 1.165) is 34.3 Å². The first-order chi connectivity index (χ1) is 12.7. The van der Waals surface area contributed by atoms with E-state index in [2.05, 4.69) is 15.5 Å². The Kier molecular flexibility index (Phi) is 5.59. The van der Waals surface area contributed by atoms with E-state index in [1.807, 2.05) is 56.3 Å². The van der Waals surface area contributed by atoms with Crippen LogP contribution in [0.2, 0.25) is 0 Å². The predicted molar refractivity (Wildman–Crippen MR) is 103 cm³/mol. The number of hydrogen-bond acceptors (Lipinski definition) is 4. The third-order valence-electron chi connectivity index (χ3n) is 4.07. The van der Waals surface area contributed by atoms with Crippen LogP contribution < -0.4 is 10.2 Å². The highest BCUT2D eigenvalue weighted by atomic mass is 16.5. The number of hydrazone groups is 1. The van der Waals surface area contributed by atoms with Crippen LogP contribution in [-0.2, 0) is 6.61 Å². The Labute approximate surface area is 152 Å². The molecule has 3 rings (SSSR count). The van der Waals surface area contributed by atoms with Gasteiger partial charge in [0.05, 0.1) is 0 Å². The maximum Gasteiger partial charge on any atom is 0.271 e. The summed E-state index contributed by atoms with van der Waals surface area (Å²) in [7, 11) is 0. The van der Waals surface area contributed by atoms with Crippen molar-refractivity contribution in [3.8, 4) is 5.75 Å². The smallest absolute Gasteiger partial charge is 0.271 e. The third-order valence-corrected chi connectivity index (χ3v) is 4.07. The summed E-state index contributed by atoms with van der Waals surface area (Å²) >= 11 is 0. The van der Waals surface area contributed by atoms with Gasteiger partial charge >= 0.3 is 0 Å². The van der Waals surface area contributed by atoms with Gasteiger partial charge in [0.25, 0.3) is 5.91 Å². The average molecular weight is 347 g/mol. The number of rotatable bonds is 6. The Balaban J connectivity index is 1.65. The molecule has 5 nitrogen and oxygen atoms in total. The highest BCUT2D eigenvalue weighted by molar-refractivity contribution is 5.95. The summed E-state index contributed by atoms with van der Waals surface area (Å²) in [5, 5.41) is 5.07. The van der Waals surface area contributed by atoms with Crippen molar-refractivity contribution in [3.63, 3.8) is 0 Å². The van der Waals surface area contributed by atoms with Gasteiger partial charge < -0.3 is 4.74 Å². The number of carbonyl (C=O) groups is 1. The molecule has 5 heteroatoms. The normalized spacial score (nSPS) is 11.4. The van der Waals surface area contributed by atoms with Crippen molar-refractivity contribution in [2.75, 3.05) is 0 Å². The number of benzene rings is 2. The number of para-hydroxylation sites is 1. The zero-order valence-electron chi connectivity index (χ0n) is 14.9. The molecule has 0 aliphatic carbocycles. The van der Waals surface area contributed by atoms with Gasteiger partial charge in [-0.05, 0) is 43.2 Å². The number of ether oxygens (including phenoxy) is 1. The Morgan fingerprint density at radius 1 is 1.12 bits per heavy atom. The lowest BCUT2D eigenvalue weighted by molar-refractivity contribution is 0.0954. The lowest BCUT2D eigenvalue weighted by Gasteiger charge is -2.09. The van der Waals surface area contributed by atoms with Crippen molar-refractivity contribution in [2.45, 2.75) is 26.9 Å². The van der Waals surface area contributed by atoms with Gasteiger partial charge in [-0.2, -0.15) is 5.10 Å². The number of nitrogens with one attached hydrogen (secondary N) is 1. The SMILES string of the molecule is CCC(C)=NNC(=O)c1ccc(COc2cccc3cccnc23)cc1. The molecular weight excluding hydrogens is 326 g/mol. The fraction of sp³-hybridized carbons (Fsp3) is 0.190. The molecule has 1 heterocycles. The van der Waals surface area contributed by atoms with Crippen LogP contribution in [0.5, 0.6) is 5.75 Å². The summed E-state index contributed by atoms with van der Waals surface area (Å²) in [6.07, 6.45) is 2.56. The molecule has 0 bridgehead atoms. The molecule has 0 fully saturated rings. The molecule has 0 aliphatic rings. The Hall–Kier alpha value is -3.21. The maximum atomic E-state index is 12.0. The summed E-state index contributed by atoms with van der Waals surface area (Å²) < 4.78 is 5.91. The molecule has 0 saturated carbocycles. The molecule has 2 aromatic carbocycles. The van der Waals surface area contributed by atoms with E-state index >= 15 is 0 Å². The Morgan fingerprint density at radius 2 is 1.88 bits per heavy atom. The second-order valence-electron chi connectivity index (χ2n) is 5.96. The number of amides is 1. The minimum absolute atomic E-state index is 0.219. The van der Waals surface area contributed by atoms with Crippen molar-refractivity contribution >= 4 is 22.5 Å². The molecule has 0 saturated heterocycles. The monoisotopic (exact) mass is 347 g/mol. The van der Waals surface area contributed by atoms with Crippen molar-refractivity contribution < 1.29 is 9.53 Å². The van der Waals surface area contributed by atoms with Crippen LogP contribution in [0.15, 0.2) is 65.9 Å². The van der Waals surface area contributed by atoms with Gasteiger partial charge in [0.15, 0.2) is 0 Å². The van der Waals surface area contributed by atoms with Crippen LogP contribution >= 0.6 is 0 Å². The maximum absolute atomic E-state index is 12.0. The van der Waals surface area contributed by atoms with Crippen LogP contribution in [0, 0.1) is 0 Å². The van der Waals surface area contributed by atoms with Crippen LogP contribution in [0.25, 0.3) is 10.9 Å². The molecule has 0 spiro atoms. The molecule has 1 N–H and O–H groups in total. The van der Waals surface area contributed by atoms with E-state index in [4.69, 9.17) is 4.74 Å². The lowest BCUT2D eigenvalue weighted by Crippen LogP contribution is -2.18. The van der Waals surface area contributed by atoms with E-state index in [1.54, 1.807) is 18.3 Å². The first kappa shape index (κ1) is 17.6. The van der Waals surface area contributed by atoms with Crippen LogP contribution in [0.3, 0.4) is 0 Å². The number of pyridine rings is 1. The summed E-state index contributed by atoms with van der Waals surface area (Å²) in [6.45, 7) is 4.28. The highest BCUT2D eigenvalue weighted by Crippen LogP contribution is 2.23. The largest absolute Gasteiger partial charge is 0.487 e. The Bertz CT molecular complexity index is 928. The van der Waals surface area contributed by atoms with Crippen molar-refractivity contribution in [1.29, 1.82) is 0 Å². The van der Waals surface area contributed by atoms with Gasteiger partial charge in [-0.1, -0.05) is 37.3 Å². The van der Waals surface area contributed by atoms with E-state index in [9.17, 15) is 4.79 Å². The van der Waals surface area contributed by atoms with Crippen molar-refractivity contribution in [2.24, 2.45) is 5.10 Å². The number of hydrogen-bond donors (Lipinski definition) is 1. The first-order valence-corrected chi connectivity index (χ1v) is 8.56. The quantitative estimate of drug-likeness (QED) is 0.533. The number of fused-ring (bicyclic) bond motifs is 1. The van der Waals surface area contributed by atoms with Gasteiger partial charge in [0, 0.05) is 22.9 Å². The van der Waals surface area contributed by atoms with Gasteiger partial charge in [-0.3, -0.25) is 9.78 Å². The molecule has 132 valence electrons. The molecule has 1 aromatic heterocycles. The van der Waals surface area contributed by atoms with Gasteiger partial charge in [0.1, 0.15) is 17.9 Å². The molecule has 0 aliphatic heterocycles. The summed E-state index contributed by atoms with van der Waals surface area (Å²) in [5.74, 6) is 0.526. The number of carbonyl (C=O) groups excluding carboxylic acids is 1. The summed E-state index contributed by atoms with van der Waals surface area (Å²) in [6, 6.07) is 17.1. The topological polar surface area (TPSA) is 63.6 Å². The van der Waals surface area contributed by atoms with Gasteiger partial charge in [0.2, 0.25) is 0 Å². The Morgan fingerprint density at radius 3 is 2.65 bits per heavy atom. The number of nitrogens with zero attached hydrogens (tertiary/aromatic N) is 2. The van der Waals surface area contributed by atoms with E-state index in [1.165, 1.54) is 0 Å². The molecular formula is C21H21N3O2. The standard InChI is InChI=1S/C21H21N3O2/c1-3-15(2)23-24-21(25)18-11-9-16(10-12-18)14-26-19-8-4-6-17-7-5-13-22-20(17)19/h4-13H,3,14H2,1-2H3,(H,24,25). The second kappa shape index (κ2) is 8.25. The van der Waals surface area contributed by atoms with Crippen molar-refractivity contribution in [3.05, 3.63) is 71.9 Å². The van der Waals surface area contributed by atoms with E-state index in [0.29, 0.717) is 12.2 Å². The molecule has 26 heavy (non-hydrogen) atoms. The van der Waals surface area contributed by atoms with E-state index < -0.39 is 0 Å². The molecule has 0 radical (unpaired) electrons. The summed E-state index contributed by atoms with van der Waals surface area (Å²) in [4.78, 5) is 16.4.